The van der Waals surface area contributed by atoms with E-state index in [9.17, 15) is 4.79 Å². The number of aliphatic carboxylic acids is 1. The second-order valence-corrected chi connectivity index (χ2v) is 3.11. The zero-order valence-electron chi connectivity index (χ0n) is 7.61. The van der Waals surface area contributed by atoms with Gasteiger partial charge in [0.05, 0.1) is 19.6 Å². The Morgan fingerprint density at radius 2 is 2.54 bits per heavy atom. The van der Waals surface area contributed by atoms with E-state index in [1.54, 1.807) is 6.08 Å². The van der Waals surface area contributed by atoms with E-state index in [1.165, 1.54) is 0 Å². The minimum atomic E-state index is -0.774. The molecule has 1 rings (SSSR count). The summed E-state index contributed by atoms with van der Waals surface area (Å²) in [5.74, 6) is -0.774. The van der Waals surface area contributed by atoms with Gasteiger partial charge in [-0.25, -0.2) is 0 Å². The molecule has 1 atom stereocenters. The van der Waals surface area contributed by atoms with Crippen molar-refractivity contribution in [3.8, 4) is 0 Å². The summed E-state index contributed by atoms with van der Waals surface area (Å²) in [6, 6.07) is 0.00394. The molecular weight excluding hydrogens is 170 g/mol. The van der Waals surface area contributed by atoms with Gasteiger partial charge in [0.2, 0.25) is 0 Å². The highest BCUT2D eigenvalue weighted by Gasteiger charge is 2.23. The molecule has 0 amide bonds. The van der Waals surface area contributed by atoms with Gasteiger partial charge < -0.3 is 9.84 Å². The van der Waals surface area contributed by atoms with Crippen LogP contribution in [-0.4, -0.2) is 48.3 Å². The van der Waals surface area contributed by atoms with Gasteiger partial charge in [0.1, 0.15) is 0 Å². The number of ether oxygens (including phenoxy) is 1. The SMILES string of the molecule is C=CCN1CCOCC1CC(=O)O. The Kier molecular flexibility index (Phi) is 3.92. The third-order valence-electron chi connectivity index (χ3n) is 2.12. The van der Waals surface area contributed by atoms with E-state index in [0.29, 0.717) is 13.2 Å². The van der Waals surface area contributed by atoms with Gasteiger partial charge in [0.25, 0.3) is 0 Å². The first-order valence-corrected chi connectivity index (χ1v) is 4.38. The molecular formula is C9H15NO3. The fourth-order valence-corrected chi connectivity index (χ4v) is 1.48. The lowest BCUT2D eigenvalue weighted by atomic mass is 10.1. The molecule has 0 saturated carbocycles. The molecule has 0 aromatic rings. The van der Waals surface area contributed by atoms with Crippen LogP contribution in [0.4, 0.5) is 0 Å². The fourth-order valence-electron chi connectivity index (χ4n) is 1.48. The number of morpholine rings is 1. The molecule has 4 nitrogen and oxygen atoms in total. The van der Waals surface area contributed by atoms with Crippen molar-refractivity contribution in [2.45, 2.75) is 12.5 Å². The average molecular weight is 185 g/mol. The van der Waals surface area contributed by atoms with Crippen LogP contribution in [0.5, 0.6) is 0 Å². The van der Waals surface area contributed by atoms with Gasteiger partial charge in [-0.2, -0.15) is 0 Å². The summed E-state index contributed by atoms with van der Waals surface area (Å²) in [6.45, 7) is 6.37. The van der Waals surface area contributed by atoms with Gasteiger partial charge in [-0.3, -0.25) is 9.69 Å². The van der Waals surface area contributed by atoms with Crippen LogP contribution in [0.15, 0.2) is 12.7 Å². The quantitative estimate of drug-likeness (QED) is 0.642. The van der Waals surface area contributed by atoms with E-state index in [-0.39, 0.29) is 12.5 Å². The molecule has 0 bridgehead atoms. The Bertz CT molecular complexity index is 193. The molecule has 0 aromatic carbocycles. The molecule has 1 fully saturated rings. The second-order valence-electron chi connectivity index (χ2n) is 3.11. The largest absolute Gasteiger partial charge is 0.481 e. The van der Waals surface area contributed by atoms with Gasteiger partial charge in [-0.05, 0) is 0 Å². The van der Waals surface area contributed by atoms with E-state index in [1.807, 2.05) is 0 Å². The second kappa shape index (κ2) is 4.99. The molecule has 1 N–H and O–H groups in total. The molecule has 1 aliphatic heterocycles. The molecule has 4 heteroatoms. The Morgan fingerprint density at radius 3 is 3.15 bits per heavy atom. The van der Waals surface area contributed by atoms with Crippen LogP contribution in [0.25, 0.3) is 0 Å². The molecule has 0 radical (unpaired) electrons. The maximum absolute atomic E-state index is 10.5. The molecule has 0 aliphatic carbocycles. The smallest absolute Gasteiger partial charge is 0.305 e. The summed E-state index contributed by atoms with van der Waals surface area (Å²) in [6.07, 6.45) is 1.94. The van der Waals surface area contributed by atoms with Crippen LogP contribution >= 0.6 is 0 Å². The van der Waals surface area contributed by atoms with Crippen molar-refractivity contribution in [3.63, 3.8) is 0 Å². The highest BCUT2D eigenvalue weighted by atomic mass is 16.5. The Labute approximate surface area is 77.8 Å². The van der Waals surface area contributed by atoms with E-state index >= 15 is 0 Å². The number of carbonyl (C=O) groups is 1. The summed E-state index contributed by atoms with van der Waals surface area (Å²) in [7, 11) is 0. The van der Waals surface area contributed by atoms with Gasteiger partial charge in [0, 0.05) is 19.1 Å². The van der Waals surface area contributed by atoms with Crippen molar-refractivity contribution in [3.05, 3.63) is 12.7 Å². The van der Waals surface area contributed by atoms with Crippen LogP contribution in [0.2, 0.25) is 0 Å². The lowest BCUT2D eigenvalue weighted by Crippen LogP contribution is -2.46. The van der Waals surface area contributed by atoms with Crippen molar-refractivity contribution < 1.29 is 14.6 Å². The first-order valence-electron chi connectivity index (χ1n) is 4.38. The highest BCUT2D eigenvalue weighted by Crippen LogP contribution is 2.09. The van der Waals surface area contributed by atoms with E-state index in [2.05, 4.69) is 11.5 Å². The van der Waals surface area contributed by atoms with E-state index in [0.717, 1.165) is 13.1 Å². The van der Waals surface area contributed by atoms with Crippen molar-refractivity contribution in [2.24, 2.45) is 0 Å². The molecule has 1 saturated heterocycles. The van der Waals surface area contributed by atoms with Gasteiger partial charge in [-0.1, -0.05) is 6.08 Å². The average Bonchev–Trinajstić information content (AvgIpc) is 2.08. The summed E-state index contributed by atoms with van der Waals surface area (Å²) >= 11 is 0. The first kappa shape index (κ1) is 10.2. The highest BCUT2D eigenvalue weighted by molar-refractivity contribution is 5.67. The number of hydrogen-bond donors (Lipinski definition) is 1. The number of nitrogens with zero attached hydrogens (tertiary/aromatic N) is 1. The maximum Gasteiger partial charge on any atom is 0.305 e. The van der Waals surface area contributed by atoms with Crippen molar-refractivity contribution in [2.75, 3.05) is 26.3 Å². The van der Waals surface area contributed by atoms with Crippen LogP contribution in [0.1, 0.15) is 6.42 Å². The van der Waals surface area contributed by atoms with Crippen LogP contribution in [0, 0.1) is 0 Å². The molecule has 0 spiro atoms. The van der Waals surface area contributed by atoms with E-state index < -0.39 is 5.97 Å². The van der Waals surface area contributed by atoms with Gasteiger partial charge in [0.15, 0.2) is 0 Å². The summed E-state index contributed by atoms with van der Waals surface area (Å²) in [5, 5.41) is 8.64. The zero-order valence-corrected chi connectivity index (χ0v) is 7.61. The minimum Gasteiger partial charge on any atom is -0.481 e. The van der Waals surface area contributed by atoms with Crippen molar-refractivity contribution >= 4 is 5.97 Å². The Morgan fingerprint density at radius 1 is 1.77 bits per heavy atom. The first-order chi connectivity index (χ1) is 6.24. The van der Waals surface area contributed by atoms with Crippen molar-refractivity contribution in [1.29, 1.82) is 0 Å². The number of carboxylic acids is 1. The topological polar surface area (TPSA) is 49.8 Å². The lowest BCUT2D eigenvalue weighted by molar-refractivity contribution is -0.140. The maximum atomic E-state index is 10.5. The standard InChI is InChI=1S/C9H15NO3/c1-2-3-10-4-5-13-7-8(10)6-9(11)12/h2,8H,1,3-7H2,(H,11,12). The molecule has 0 aromatic heterocycles. The molecule has 1 heterocycles. The zero-order chi connectivity index (χ0) is 9.68. The minimum absolute atomic E-state index is 0.00394. The normalized spacial score (nSPS) is 24.2. The molecule has 13 heavy (non-hydrogen) atoms. The number of carboxylic acid groups (broad SMARTS) is 1. The molecule has 74 valence electrons. The number of rotatable bonds is 4. The van der Waals surface area contributed by atoms with Crippen LogP contribution in [-0.2, 0) is 9.53 Å². The predicted molar refractivity (Wildman–Crippen MR) is 48.6 cm³/mol. The third kappa shape index (κ3) is 3.16. The lowest BCUT2D eigenvalue weighted by Gasteiger charge is -2.33. The number of hydrogen-bond acceptors (Lipinski definition) is 3. The third-order valence-corrected chi connectivity index (χ3v) is 2.12. The fraction of sp³-hybridized carbons (Fsp3) is 0.667. The van der Waals surface area contributed by atoms with Gasteiger partial charge >= 0.3 is 5.97 Å². The van der Waals surface area contributed by atoms with Crippen LogP contribution in [0.3, 0.4) is 0 Å². The molecule has 1 unspecified atom stereocenters. The predicted octanol–water partition coefficient (Wildman–Crippen LogP) is 0.348. The monoisotopic (exact) mass is 185 g/mol. The Balaban J connectivity index is 2.45. The van der Waals surface area contributed by atoms with Gasteiger partial charge in [-0.15, -0.1) is 6.58 Å². The molecule has 1 aliphatic rings. The van der Waals surface area contributed by atoms with E-state index in [4.69, 9.17) is 9.84 Å². The Hall–Kier alpha value is -0.870. The summed E-state index contributed by atoms with van der Waals surface area (Å²) < 4.78 is 5.22. The summed E-state index contributed by atoms with van der Waals surface area (Å²) in [5.41, 5.74) is 0. The van der Waals surface area contributed by atoms with Crippen molar-refractivity contribution in [1.82, 2.24) is 4.90 Å². The summed E-state index contributed by atoms with van der Waals surface area (Å²) in [4.78, 5) is 12.6. The van der Waals surface area contributed by atoms with Crippen LogP contribution < -0.4 is 0 Å².